The van der Waals surface area contributed by atoms with Gasteiger partial charge >= 0.3 is 11.1 Å². The quantitative estimate of drug-likeness (QED) is 0.625. The van der Waals surface area contributed by atoms with E-state index in [0.29, 0.717) is 22.7 Å². The first-order valence-electron chi connectivity index (χ1n) is 8.94. The van der Waals surface area contributed by atoms with Crippen LogP contribution >= 0.6 is 0 Å². The Morgan fingerprint density at radius 3 is 2.30 bits per heavy atom. The van der Waals surface area contributed by atoms with E-state index < -0.39 is 22.8 Å². The number of methoxy groups -OCH3 is 2. The molecular formula is C21H20FN3O5. The summed E-state index contributed by atoms with van der Waals surface area (Å²) in [6.45, 7) is 1.32. The fourth-order valence-electron chi connectivity index (χ4n) is 2.90. The number of carbonyl (C=O) groups excluding carboxylic acids is 1. The third kappa shape index (κ3) is 4.40. The Balaban J connectivity index is 1.85. The van der Waals surface area contributed by atoms with E-state index >= 15 is 0 Å². The highest BCUT2D eigenvalue weighted by molar-refractivity contribution is 5.91. The monoisotopic (exact) mass is 413 g/mol. The maximum absolute atomic E-state index is 13.6. The number of aromatic nitrogens is 2. The van der Waals surface area contributed by atoms with Crippen molar-refractivity contribution in [1.82, 2.24) is 9.13 Å². The predicted octanol–water partition coefficient (Wildman–Crippen LogP) is 2.10. The van der Waals surface area contributed by atoms with Gasteiger partial charge in [0.05, 0.1) is 19.9 Å². The Morgan fingerprint density at radius 1 is 1.00 bits per heavy atom. The van der Waals surface area contributed by atoms with Gasteiger partial charge in [-0.1, -0.05) is 6.07 Å². The minimum Gasteiger partial charge on any atom is -0.497 e. The second-order valence-electron chi connectivity index (χ2n) is 6.49. The number of ether oxygens (including phenoxy) is 2. The Hall–Kier alpha value is -3.88. The van der Waals surface area contributed by atoms with Crippen LogP contribution in [-0.2, 0) is 11.3 Å². The third-order valence-electron chi connectivity index (χ3n) is 4.44. The molecule has 0 bridgehead atoms. The molecule has 0 fully saturated rings. The van der Waals surface area contributed by atoms with Crippen LogP contribution in [0.25, 0.3) is 5.69 Å². The summed E-state index contributed by atoms with van der Waals surface area (Å²) in [5.74, 6) is -0.0870. The van der Waals surface area contributed by atoms with Crippen molar-refractivity contribution in [3.63, 3.8) is 0 Å². The molecule has 0 spiro atoms. The van der Waals surface area contributed by atoms with E-state index in [9.17, 15) is 18.8 Å². The van der Waals surface area contributed by atoms with Gasteiger partial charge in [0, 0.05) is 36.3 Å². The summed E-state index contributed by atoms with van der Waals surface area (Å²) in [5.41, 5.74) is -0.493. The summed E-state index contributed by atoms with van der Waals surface area (Å²) in [7, 11) is 2.96. The van der Waals surface area contributed by atoms with Crippen LogP contribution in [0.5, 0.6) is 11.5 Å². The van der Waals surface area contributed by atoms with E-state index in [1.165, 1.54) is 44.8 Å². The number of halogens is 1. The van der Waals surface area contributed by atoms with Gasteiger partial charge in [0.1, 0.15) is 23.9 Å². The number of hydrogen-bond acceptors (Lipinski definition) is 5. The van der Waals surface area contributed by atoms with E-state index in [2.05, 4.69) is 5.32 Å². The SMILES string of the molecule is COc1cc(NC(=O)Cn2ccn(-c3cc(F)ccc3C)c(=O)c2=O)cc(OC)c1. The van der Waals surface area contributed by atoms with E-state index in [1.54, 1.807) is 25.1 Å². The van der Waals surface area contributed by atoms with E-state index in [4.69, 9.17) is 9.47 Å². The molecule has 0 aliphatic carbocycles. The summed E-state index contributed by atoms with van der Waals surface area (Å²) in [6.07, 6.45) is 2.63. The van der Waals surface area contributed by atoms with Crippen molar-refractivity contribution in [2.75, 3.05) is 19.5 Å². The lowest BCUT2D eigenvalue weighted by Gasteiger charge is -2.12. The Labute approximate surface area is 171 Å². The van der Waals surface area contributed by atoms with Gasteiger partial charge in [-0.25, -0.2) is 4.39 Å². The highest BCUT2D eigenvalue weighted by atomic mass is 19.1. The van der Waals surface area contributed by atoms with Crippen LogP contribution in [0.2, 0.25) is 0 Å². The molecule has 8 nitrogen and oxygen atoms in total. The first-order chi connectivity index (χ1) is 14.3. The maximum Gasteiger partial charge on any atom is 0.320 e. The van der Waals surface area contributed by atoms with E-state index in [-0.39, 0.29) is 12.2 Å². The Kier molecular flexibility index (Phi) is 6.01. The normalized spacial score (nSPS) is 10.5. The number of amides is 1. The zero-order valence-corrected chi connectivity index (χ0v) is 16.6. The van der Waals surface area contributed by atoms with Crippen LogP contribution in [0.4, 0.5) is 10.1 Å². The van der Waals surface area contributed by atoms with Gasteiger partial charge in [-0.3, -0.25) is 23.5 Å². The van der Waals surface area contributed by atoms with Gasteiger partial charge in [-0.15, -0.1) is 0 Å². The molecule has 0 atom stereocenters. The first-order valence-corrected chi connectivity index (χ1v) is 8.94. The van der Waals surface area contributed by atoms with Crippen molar-refractivity contribution in [2.45, 2.75) is 13.5 Å². The average molecular weight is 413 g/mol. The Morgan fingerprint density at radius 2 is 1.67 bits per heavy atom. The Bertz CT molecular complexity index is 1190. The van der Waals surface area contributed by atoms with Crippen LogP contribution in [0.15, 0.2) is 58.4 Å². The van der Waals surface area contributed by atoms with E-state index in [0.717, 1.165) is 9.13 Å². The molecule has 0 saturated carbocycles. The standard InChI is InChI=1S/C21H20FN3O5/c1-13-4-5-14(22)8-18(13)25-7-6-24(20(27)21(25)28)12-19(26)23-15-9-16(29-2)11-17(10-15)30-3/h4-11H,12H2,1-3H3,(H,23,26). The zero-order valence-electron chi connectivity index (χ0n) is 16.6. The molecule has 9 heteroatoms. The number of aryl methyl sites for hydroxylation is 1. The molecule has 3 aromatic rings. The second-order valence-corrected chi connectivity index (χ2v) is 6.49. The molecule has 1 amide bonds. The number of nitrogens with one attached hydrogen (secondary N) is 1. The second kappa shape index (κ2) is 8.64. The van der Waals surface area contributed by atoms with E-state index in [1.807, 2.05) is 0 Å². The predicted molar refractivity (Wildman–Crippen MR) is 109 cm³/mol. The molecule has 0 aliphatic rings. The van der Waals surface area contributed by atoms with Crippen molar-refractivity contribution in [3.8, 4) is 17.2 Å². The van der Waals surface area contributed by atoms with Crippen LogP contribution in [0, 0.1) is 12.7 Å². The first kappa shape index (κ1) is 20.8. The molecule has 3 rings (SSSR count). The minimum absolute atomic E-state index is 0.261. The largest absolute Gasteiger partial charge is 0.497 e. The zero-order chi connectivity index (χ0) is 21.8. The molecule has 0 saturated heterocycles. The topological polar surface area (TPSA) is 91.6 Å². The summed E-state index contributed by atoms with van der Waals surface area (Å²) >= 11 is 0. The third-order valence-corrected chi connectivity index (χ3v) is 4.44. The molecule has 0 aliphatic heterocycles. The molecule has 1 N–H and O–H groups in total. The molecule has 2 aromatic carbocycles. The van der Waals surface area contributed by atoms with Gasteiger partial charge in [-0.05, 0) is 24.6 Å². The molecular weight excluding hydrogens is 393 g/mol. The van der Waals surface area contributed by atoms with Crippen molar-refractivity contribution >= 4 is 11.6 Å². The van der Waals surface area contributed by atoms with Crippen LogP contribution in [-0.4, -0.2) is 29.3 Å². The number of anilines is 1. The number of carbonyl (C=O) groups is 1. The summed E-state index contributed by atoms with van der Waals surface area (Å²) in [5, 5.41) is 2.63. The van der Waals surface area contributed by atoms with Gasteiger partial charge in [0.15, 0.2) is 0 Å². The van der Waals surface area contributed by atoms with Crippen molar-refractivity contribution < 1.29 is 18.7 Å². The van der Waals surface area contributed by atoms with Crippen LogP contribution in [0.3, 0.4) is 0 Å². The molecule has 1 aromatic heterocycles. The van der Waals surface area contributed by atoms with Gasteiger partial charge in [0.25, 0.3) is 0 Å². The number of hydrogen-bond donors (Lipinski definition) is 1. The van der Waals surface area contributed by atoms with Crippen LogP contribution < -0.4 is 25.9 Å². The molecule has 30 heavy (non-hydrogen) atoms. The molecule has 1 heterocycles. The summed E-state index contributed by atoms with van der Waals surface area (Å²) in [4.78, 5) is 37.4. The van der Waals surface area contributed by atoms with Crippen molar-refractivity contribution in [1.29, 1.82) is 0 Å². The summed E-state index contributed by atoms with van der Waals surface area (Å²) in [6, 6.07) is 8.78. The highest BCUT2D eigenvalue weighted by Gasteiger charge is 2.13. The lowest BCUT2D eigenvalue weighted by Crippen LogP contribution is -2.41. The number of benzene rings is 2. The highest BCUT2D eigenvalue weighted by Crippen LogP contribution is 2.25. The van der Waals surface area contributed by atoms with Gasteiger partial charge in [0.2, 0.25) is 5.91 Å². The number of rotatable bonds is 6. The average Bonchev–Trinajstić information content (AvgIpc) is 2.73. The van der Waals surface area contributed by atoms with Gasteiger partial charge in [-0.2, -0.15) is 0 Å². The molecule has 0 unspecified atom stereocenters. The smallest absolute Gasteiger partial charge is 0.320 e. The van der Waals surface area contributed by atoms with Gasteiger partial charge < -0.3 is 14.8 Å². The van der Waals surface area contributed by atoms with Crippen molar-refractivity contribution in [3.05, 3.63) is 80.9 Å². The summed E-state index contributed by atoms with van der Waals surface area (Å²) < 4.78 is 25.9. The lowest BCUT2D eigenvalue weighted by atomic mass is 10.2. The number of nitrogens with zero attached hydrogens (tertiary/aromatic N) is 2. The fourth-order valence-corrected chi connectivity index (χ4v) is 2.90. The fraction of sp³-hybridized carbons (Fsp3) is 0.190. The maximum atomic E-state index is 13.6. The lowest BCUT2D eigenvalue weighted by molar-refractivity contribution is -0.116. The van der Waals surface area contributed by atoms with Crippen LogP contribution in [0.1, 0.15) is 5.56 Å². The molecule has 156 valence electrons. The minimum atomic E-state index is -0.903. The molecule has 0 radical (unpaired) electrons. The van der Waals surface area contributed by atoms with Crippen molar-refractivity contribution in [2.24, 2.45) is 0 Å².